The van der Waals surface area contributed by atoms with Gasteiger partial charge in [0.2, 0.25) is 0 Å². The van der Waals surface area contributed by atoms with Crippen LogP contribution in [0.3, 0.4) is 0 Å². The van der Waals surface area contributed by atoms with Gasteiger partial charge < -0.3 is 10.4 Å². The van der Waals surface area contributed by atoms with Gasteiger partial charge in [0.1, 0.15) is 0 Å². The predicted molar refractivity (Wildman–Crippen MR) is 87.0 cm³/mol. The molecule has 108 valence electrons. The fourth-order valence-electron chi connectivity index (χ4n) is 1.69. The number of nitrogens with one attached hydrogen (secondary N) is 1. The van der Waals surface area contributed by atoms with E-state index in [-0.39, 0.29) is 12.5 Å². The zero-order valence-corrected chi connectivity index (χ0v) is 13.0. The largest absolute Gasteiger partial charge is 0.395 e. The number of rotatable bonds is 3. The highest BCUT2D eigenvalue weighted by Gasteiger charge is 2.09. The Morgan fingerprint density at radius 2 is 2.24 bits per heavy atom. The second-order valence-corrected chi connectivity index (χ2v) is 5.74. The van der Waals surface area contributed by atoms with Gasteiger partial charge in [0.15, 0.2) is 0 Å². The number of thiophene rings is 1. The molecule has 1 aromatic heterocycles. The summed E-state index contributed by atoms with van der Waals surface area (Å²) in [5.41, 5.74) is 2.22. The summed E-state index contributed by atoms with van der Waals surface area (Å²) in [6.45, 7) is 1.93. The van der Waals surface area contributed by atoms with Crippen molar-refractivity contribution < 1.29 is 9.90 Å². The quantitative estimate of drug-likeness (QED) is 0.848. The van der Waals surface area contributed by atoms with Crippen LogP contribution in [0.5, 0.6) is 0 Å². The van der Waals surface area contributed by atoms with E-state index in [1.165, 1.54) is 11.3 Å². The molecule has 0 bridgehead atoms. The number of amides is 1. The number of halogens is 1. The lowest BCUT2D eigenvalue weighted by atomic mass is 10.2. The van der Waals surface area contributed by atoms with Crippen LogP contribution in [-0.2, 0) is 0 Å². The van der Waals surface area contributed by atoms with Crippen LogP contribution in [0.4, 0.5) is 5.69 Å². The van der Waals surface area contributed by atoms with Crippen molar-refractivity contribution in [2.75, 3.05) is 11.9 Å². The summed E-state index contributed by atoms with van der Waals surface area (Å²) in [5, 5.41) is 13.9. The molecule has 2 aromatic rings. The Morgan fingerprint density at radius 3 is 2.95 bits per heavy atom. The number of hydrogen-bond donors (Lipinski definition) is 2. The van der Waals surface area contributed by atoms with E-state index in [0.717, 1.165) is 16.1 Å². The number of aliphatic hydroxyl groups is 1. The lowest BCUT2D eigenvalue weighted by Gasteiger charge is -2.07. The molecule has 0 atom stereocenters. The highest BCUT2D eigenvalue weighted by molar-refractivity contribution is 7.10. The zero-order chi connectivity index (χ0) is 15.2. The van der Waals surface area contributed by atoms with Crippen molar-refractivity contribution in [3.8, 4) is 11.8 Å². The van der Waals surface area contributed by atoms with Crippen LogP contribution < -0.4 is 5.32 Å². The highest BCUT2D eigenvalue weighted by atomic mass is 35.5. The Hall–Kier alpha value is -1.80. The minimum absolute atomic E-state index is 0.0432. The molecule has 2 N–H and O–H groups in total. The SMILES string of the molecule is Cc1cc(Cl)ccc1NC(=O)c1csc(C#CCCO)c1. The summed E-state index contributed by atoms with van der Waals surface area (Å²) in [5.74, 6) is 5.57. The normalized spacial score (nSPS) is 9.86. The van der Waals surface area contributed by atoms with Crippen LogP contribution in [0.25, 0.3) is 0 Å². The summed E-state index contributed by atoms with van der Waals surface area (Å²) in [7, 11) is 0. The molecule has 21 heavy (non-hydrogen) atoms. The van der Waals surface area contributed by atoms with Gasteiger partial charge in [0.05, 0.1) is 17.0 Å². The number of aliphatic hydroxyl groups excluding tert-OH is 1. The summed E-state index contributed by atoms with van der Waals surface area (Å²) in [6.07, 6.45) is 0.434. The van der Waals surface area contributed by atoms with E-state index in [1.54, 1.807) is 29.6 Å². The first kappa shape index (κ1) is 15.6. The first-order chi connectivity index (χ1) is 10.1. The van der Waals surface area contributed by atoms with Crippen LogP contribution in [0.1, 0.15) is 27.2 Å². The third-order valence-electron chi connectivity index (χ3n) is 2.75. The van der Waals surface area contributed by atoms with Crippen molar-refractivity contribution in [3.63, 3.8) is 0 Å². The highest BCUT2D eigenvalue weighted by Crippen LogP contribution is 2.21. The molecule has 0 aliphatic heterocycles. The molecule has 2 rings (SSSR count). The molecule has 1 amide bonds. The number of anilines is 1. The van der Waals surface area contributed by atoms with Crippen LogP contribution in [0.15, 0.2) is 29.6 Å². The predicted octanol–water partition coefficient (Wildman–Crippen LogP) is 3.70. The smallest absolute Gasteiger partial charge is 0.256 e. The number of hydrogen-bond acceptors (Lipinski definition) is 3. The number of aryl methyl sites for hydroxylation is 1. The summed E-state index contributed by atoms with van der Waals surface area (Å²) in [4.78, 5) is 13.0. The Labute approximate surface area is 132 Å². The molecule has 1 aromatic carbocycles. The molecule has 1 heterocycles. The monoisotopic (exact) mass is 319 g/mol. The molecule has 0 aliphatic carbocycles. The molecular weight excluding hydrogens is 306 g/mol. The fraction of sp³-hybridized carbons (Fsp3) is 0.188. The lowest BCUT2D eigenvalue weighted by molar-refractivity contribution is 0.102. The topological polar surface area (TPSA) is 49.3 Å². The van der Waals surface area contributed by atoms with E-state index in [0.29, 0.717) is 17.0 Å². The van der Waals surface area contributed by atoms with Crippen molar-refractivity contribution in [1.82, 2.24) is 0 Å². The second-order valence-electron chi connectivity index (χ2n) is 4.39. The molecule has 0 unspecified atom stereocenters. The molecule has 0 radical (unpaired) electrons. The first-order valence-corrected chi connectivity index (χ1v) is 7.61. The van der Waals surface area contributed by atoms with Gasteiger partial charge >= 0.3 is 0 Å². The minimum atomic E-state index is -0.174. The zero-order valence-electron chi connectivity index (χ0n) is 11.4. The summed E-state index contributed by atoms with van der Waals surface area (Å²) < 4.78 is 0. The van der Waals surface area contributed by atoms with Crippen molar-refractivity contribution in [2.24, 2.45) is 0 Å². The Kier molecular flexibility index (Phi) is 5.40. The van der Waals surface area contributed by atoms with Gasteiger partial charge in [0, 0.05) is 22.5 Å². The third kappa shape index (κ3) is 4.33. The van der Waals surface area contributed by atoms with Crippen LogP contribution >= 0.6 is 22.9 Å². The van der Waals surface area contributed by atoms with Gasteiger partial charge in [-0.05, 0) is 36.8 Å². The van der Waals surface area contributed by atoms with E-state index >= 15 is 0 Å². The van der Waals surface area contributed by atoms with Gasteiger partial charge in [0.25, 0.3) is 5.91 Å². The molecule has 3 nitrogen and oxygen atoms in total. The molecule has 0 spiro atoms. The molecular formula is C16H14ClNO2S. The van der Waals surface area contributed by atoms with Crippen molar-refractivity contribution in [3.05, 3.63) is 50.7 Å². The van der Waals surface area contributed by atoms with Gasteiger partial charge in [-0.25, -0.2) is 0 Å². The maximum absolute atomic E-state index is 12.2. The van der Waals surface area contributed by atoms with Crippen molar-refractivity contribution in [1.29, 1.82) is 0 Å². The third-order valence-corrected chi connectivity index (χ3v) is 3.83. The maximum Gasteiger partial charge on any atom is 0.256 e. The van der Waals surface area contributed by atoms with E-state index in [4.69, 9.17) is 16.7 Å². The van der Waals surface area contributed by atoms with Crippen molar-refractivity contribution in [2.45, 2.75) is 13.3 Å². The Morgan fingerprint density at radius 1 is 1.43 bits per heavy atom. The maximum atomic E-state index is 12.2. The summed E-state index contributed by atoms with van der Waals surface area (Å²) in [6, 6.07) is 7.07. The van der Waals surface area contributed by atoms with E-state index in [9.17, 15) is 4.79 Å². The molecule has 0 aliphatic rings. The number of carbonyl (C=O) groups excluding carboxylic acids is 1. The minimum Gasteiger partial charge on any atom is -0.395 e. The first-order valence-electron chi connectivity index (χ1n) is 6.36. The van der Waals surface area contributed by atoms with Gasteiger partial charge in [-0.3, -0.25) is 4.79 Å². The number of benzene rings is 1. The molecule has 0 saturated carbocycles. The fourth-order valence-corrected chi connectivity index (χ4v) is 2.67. The lowest BCUT2D eigenvalue weighted by Crippen LogP contribution is -2.11. The average Bonchev–Trinajstić information content (AvgIpc) is 2.91. The van der Waals surface area contributed by atoms with Gasteiger partial charge in [-0.15, -0.1) is 11.3 Å². The Balaban J connectivity index is 2.09. The molecule has 5 heteroatoms. The average molecular weight is 320 g/mol. The van der Waals surface area contributed by atoms with Crippen molar-refractivity contribution >= 4 is 34.5 Å². The van der Waals surface area contributed by atoms with E-state index in [2.05, 4.69) is 17.2 Å². The van der Waals surface area contributed by atoms with Crippen LogP contribution in [0, 0.1) is 18.8 Å². The van der Waals surface area contributed by atoms with Gasteiger partial charge in [-0.1, -0.05) is 23.4 Å². The Bertz CT molecular complexity index is 713. The van der Waals surface area contributed by atoms with E-state index < -0.39 is 0 Å². The van der Waals surface area contributed by atoms with Crippen LogP contribution in [0.2, 0.25) is 5.02 Å². The van der Waals surface area contributed by atoms with Crippen LogP contribution in [-0.4, -0.2) is 17.6 Å². The van der Waals surface area contributed by atoms with E-state index in [1.807, 2.05) is 6.92 Å². The standard InChI is InChI=1S/C16H14ClNO2S/c1-11-8-13(17)5-6-15(11)18-16(20)12-9-14(21-10-12)4-2-3-7-19/h5-6,8-10,19H,3,7H2,1H3,(H,18,20). The van der Waals surface area contributed by atoms with Gasteiger partial charge in [-0.2, -0.15) is 0 Å². The second kappa shape index (κ2) is 7.28. The molecule has 0 fully saturated rings. The number of carbonyl (C=O) groups is 1. The summed E-state index contributed by atoms with van der Waals surface area (Å²) >= 11 is 7.30. The molecule has 0 saturated heterocycles.